The maximum absolute atomic E-state index is 13.1. The van der Waals surface area contributed by atoms with E-state index in [1.807, 2.05) is 6.07 Å². The molecule has 31 heavy (non-hydrogen) atoms. The van der Waals surface area contributed by atoms with Crippen LogP contribution in [0.25, 0.3) is 6.08 Å². The van der Waals surface area contributed by atoms with Crippen molar-refractivity contribution in [1.29, 1.82) is 0 Å². The molecule has 0 spiro atoms. The maximum Gasteiger partial charge on any atom is 0.335 e. The lowest BCUT2D eigenvalue weighted by atomic mass is 9.79. The molecule has 2 aliphatic rings. The number of rotatable bonds is 3. The Labute approximate surface area is 182 Å². The van der Waals surface area contributed by atoms with Gasteiger partial charge in [-0.2, -0.15) is 0 Å². The van der Waals surface area contributed by atoms with Gasteiger partial charge in [-0.15, -0.1) is 0 Å². The van der Waals surface area contributed by atoms with Crippen molar-refractivity contribution >= 4 is 35.3 Å². The second-order valence-electron chi connectivity index (χ2n) is 8.77. The third-order valence-corrected chi connectivity index (χ3v) is 6.15. The normalized spacial score (nSPS) is 21.9. The van der Waals surface area contributed by atoms with E-state index in [1.54, 1.807) is 36.4 Å². The van der Waals surface area contributed by atoms with Crippen LogP contribution < -0.4 is 15.1 Å². The molecule has 2 aromatic carbocycles. The van der Waals surface area contributed by atoms with Gasteiger partial charge in [-0.25, -0.2) is 9.69 Å². The molecule has 2 aliphatic heterocycles. The molecule has 6 heteroatoms. The number of carbonyl (C=O) groups is 3. The zero-order chi connectivity index (χ0) is 22.3. The summed E-state index contributed by atoms with van der Waals surface area (Å²) in [5.41, 5.74) is 3.59. The predicted octanol–water partition coefficient (Wildman–Crippen LogP) is 4.47. The summed E-state index contributed by atoms with van der Waals surface area (Å²) in [6, 6.07) is 13.9. The summed E-state index contributed by atoms with van der Waals surface area (Å²) in [5.74, 6) is -0.948. The Hall–Kier alpha value is -3.41. The number of hydrogen-bond acceptors (Lipinski definition) is 4. The number of urea groups is 1. The number of nitrogens with one attached hydrogen (secondary N) is 1. The third kappa shape index (κ3) is 3.63. The second-order valence-corrected chi connectivity index (χ2v) is 8.77. The Kier molecular flexibility index (Phi) is 5.17. The van der Waals surface area contributed by atoms with Gasteiger partial charge >= 0.3 is 6.03 Å². The lowest BCUT2D eigenvalue weighted by molar-refractivity contribution is -0.122. The van der Waals surface area contributed by atoms with Crippen molar-refractivity contribution in [1.82, 2.24) is 5.32 Å². The van der Waals surface area contributed by atoms with E-state index in [-0.39, 0.29) is 11.1 Å². The zero-order valence-electron chi connectivity index (χ0n) is 18.3. The molecule has 0 saturated carbocycles. The Morgan fingerprint density at radius 2 is 1.81 bits per heavy atom. The van der Waals surface area contributed by atoms with E-state index >= 15 is 0 Å². The third-order valence-electron chi connectivity index (χ3n) is 6.15. The van der Waals surface area contributed by atoms with E-state index in [4.69, 9.17) is 0 Å². The largest absolute Gasteiger partial charge is 0.366 e. The minimum atomic E-state index is -0.738. The molecular formula is C25H27N3O3. The van der Waals surface area contributed by atoms with Crippen molar-refractivity contribution < 1.29 is 14.4 Å². The number of amides is 4. The minimum absolute atomic E-state index is 0.0560. The lowest BCUT2D eigenvalue weighted by Crippen LogP contribution is -2.54. The van der Waals surface area contributed by atoms with Crippen LogP contribution in [0.15, 0.2) is 54.1 Å². The molecule has 0 aliphatic carbocycles. The molecule has 1 unspecified atom stereocenters. The van der Waals surface area contributed by atoms with Gasteiger partial charge in [0.2, 0.25) is 0 Å². The van der Waals surface area contributed by atoms with Gasteiger partial charge in [0.05, 0.1) is 5.69 Å². The van der Waals surface area contributed by atoms with Crippen LogP contribution in [0.5, 0.6) is 0 Å². The number of benzene rings is 2. The first-order chi connectivity index (χ1) is 14.7. The highest BCUT2D eigenvalue weighted by Gasteiger charge is 2.38. The van der Waals surface area contributed by atoms with Gasteiger partial charge in [-0.3, -0.25) is 14.9 Å². The first-order valence-corrected chi connectivity index (χ1v) is 10.6. The highest BCUT2D eigenvalue weighted by Crippen LogP contribution is 2.43. The molecule has 1 N–H and O–H groups in total. The topological polar surface area (TPSA) is 69.7 Å². The highest BCUT2D eigenvalue weighted by atomic mass is 16.2. The van der Waals surface area contributed by atoms with Crippen molar-refractivity contribution in [2.75, 3.05) is 16.3 Å². The van der Waals surface area contributed by atoms with Gasteiger partial charge in [0.1, 0.15) is 5.57 Å². The van der Waals surface area contributed by atoms with Gasteiger partial charge in [-0.1, -0.05) is 31.2 Å². The van der Waals surface area contributed by atoms with Crippen molar-refractivity contribution in [3.8, 4) is 0 Å². The Morgan fingerprint density at radius 3 is 2.48 bits per heavy atom. The number of hydrogen-bond donors (Lipinski definition) is 1. The molecular weight excluding hydrogens is 390 g/mol. The number of para-hydroxylation sites is 1. The van der Waals surface area contributed by atoms with Crippen molar-refractivity contribution in [3.05, 3.63) is 65.2 Å². The van der Waals surface area contributed by atoms with Crippen LogP contribution >= 0.6 is 0 Å². The van der Waals surface area contributed by atoms with E-state index in [0.29, 0.717) is 11.6 Å². The molecule has 2 aromatic rings. The summed E-state index contributed by atoms with van der Waals surface area (Å²) in [6.45, 7) is 9.77. The fraction of sp³-hybridized carbons (Fsp3) is 0.320. The van der Waals surface area contributed by atoms with Gasteiger partial charge in [0.15, 0.2) is 0 Å². The summed E-state index contributed by atoms with van der Waals surface area (Å²) in [5, 5.41) is 2.28. The smallest absolute Gasteiger partial charge is 0.335 e. The SMILES string of the molecule is CCN1c2ccc(/C=C3\C(=O)NC(=O)N(c4ccccc4)C3=O)cc2C(C)CC1(C)C. The number of carbonyl (C=O) groups excluding carboxylic acids is 3. The van der Waals surface area contributed by atoms with Crippen LogP contribution in [0.1, 0.15) is 51.2 Å². The number of barbiturate groups is 1. The van der Waals surface area contributed by atoms with Gasteiger partial charge in [0, 0.05) is 17.8 Å². The van der Waals surface area contributed by atoms with Gasteiger partial charge in [0.25, 0.3) is 11.8 Å². The van der Waals surface area contributed by atoms with Crippen molar-refractivity contribution in [3.63, 3.8) is 0 Å². The van der Waals surface area contributed by atoms with E-state index < -0.39 is 17.8 Å². The van der Waals surface area contributed by atoms with E-state index in [2.05, 4.69) is 50.0 Å². The number of imide groups is 2. The molecule has 4 rings (SSSR count). The van der Waals surface area contributed by atoms with Crippen molar-refractivity contribution in [2.45, 2.75) is 45.6 Å². The standard InChI is InChI=1S/C25H27N3O3/c1-5-27-21-12-11-17(13-19(21)16(2)15-25(27,3)4)14-20-22(29)26-24(31)28(23(20)30)18-9-7-6-8-10-18/h6-14,16H,5,15H2,1-4H3,(H,26,29,31)/b20-14+. The molecule has 6 nitrogen and oxygen atoms in total. The first-order valence-electron chi connectivity index (χ1n) is 10.6. The fourth-order valence-electron chi connectivity index (χ4n) is 4.83. The Bertz CT molecular complexity index is 1090. The average molecular weight is 418 g/mol. The fourth-order valence-corrected chi connectivity index (χ4v) is 4.83. The molecule has 4 amide bonds. The molecule has 160 valence electrons. The van der Waals surface area contributed by atoms with Crippen LogP contribution in [-0.4, -0.2) is 29.9 Å². The van der Waals surface area contributed by atoms with E-state index in [9.17, 15) is 14.4 Å². The summed E-state index contributed by atoms with van der Waals surface area (Å²) >= 11 is 0. The highest BCUT2D eigenvalue weighted by molar-refractivity contribution is 6.39. The average Bonchev–Trinajstić information content (AvgIpc) is 2.72. The lowest BCUT2D eigenvalue weighted by Gasteiger charge is -2.47. The van der Waals surface area contributed by atoms with Gasteiger partial charge in [-0.05, 0) is 74.6 Å². The first kappa shape index (κ1) is 20.8. The Morgan fingerprint density at radius 1 is 1.10 bits per heavy atom. The molecule has 0 bridgehead atoms. The monoisotopic (exact) mass is 417 g/mol. The molecule has 1 atom stereocenters. The van der Waals surface area contributed by atoms with Crippen LogP contribution in [0.4, 0.5) is 16.2 Å². The van der Waals surface area contributed by atoms with E-state index in [0.717, 1.165) is 23.4 Å². The van der Waals surface area contributed by atoms with Gasteiger partial charge < -0.3 is 4.90 Å². The van der Waals surface area contributed by atoms with Crippen LogP contribution in [0.2, 0.25) is 0 Å². The molecule has 1 saturated heterocycles. The van der Waals surface area contributed by atoms with Crippen LogP contribution in [0, 0.1) is 0 Å². The summed E-state index contributed by atoms with van der Waals surface area (Å²) in [6.07, 6.45) is 2.59. The molecule has 2 heterocycles. The van der Waals surface area contributed by atoms with Crippen LogP contribution in [0.3, 0.4) is 0 Å². The predicted molar refractivity (Wildman–Crippen MR) is 122 cm³/mol. The van der Waals surface area contributed by atoms with E-state index in [1.165, 1.54) is 11.3 Å². The number of anilines is 2. The summed E-state index contributed by atoms with van der Waals surface area (Å²) in [7, 11) is 0. The molecule has 0 aromatic heterocycles. The number of fused-ring (bicyclic) bond motifs is 1. The quantitative estimate of drug-likeness (QED) is 0.591. The van der Waals surface area contributed by atoms with Crippen molar-refractivity contribution in [2.24, 2.45) is 0 Å². The second kappa shape index (κ2) is 7.69. The number of nitrogens with zero attached hydrogens (tertiary/aromatic N) is 2. The maximum atomic E-state index is 13.1. The Balaban J connectivity index is 1.73. The summed E-state index contributed by atoms with van der Waals surface area (Å²) in [4.78, 5) is 41.2. The van der Waals surface area contributed by atoms with Crippen LogP contribution in [-0.2, 0) is 9.59 Å². The summed E-state index contributed by atoms with van der Waals surface area (Å²) < 4.78 is 0. The molecule has 0 radical (unpaired) electrons. The molecule has 1 fully saturated rings. The minimum Gasteiger partial charge on any atom is -0.366 e. The zero-order valence-corrected chi connectivity index (χ0v) is 18.3.